The Hall–Kier alpha value is -2.08. The van der Waals surface area contributed by atoms with Crippen LogP contribution in [0.15, 0.2) is 28.2 Å². The Morgan fingerprint density at radius 2 is 2.23 bits per heavy atom. The second-order valence-electron chi connectivity index (χ2n) is 5.39. The number of aliphatic carboxylic acids is 1. The molecule has 2 aromatic rings. The van der Waals surface area contributed by atoms with Crippen molar-refractivity contribution >= 4 is 23.2 Å². The van der Waals surface area contributed by atoms with E-state index in [1.807, 2.05) is 11.4 Å². The van der Waals surface area contributed by atoms with Crippen molar-refractivity contribution in [2.75, 3.05) is 6.54 Å². The highest BCUT2D eigenvalue weighted by Crippen LogP contribution is 2.18. The fraction of sp³-hybridized carbons (Fsp3) is 0.375. The fourth-order valence-corrected chi connectivity index (χ4v) is 3.14. The summed E-state index contributed by atoms with van der Waals surface area (Å²) in [5, 5.41) is 13.8. The highest BCUT2D eigenvalue weighted by Gasteiger charge is 2.20. The largest absolute Gasteiger partial charge is 0.481 e. The number of aryl methyl sites for hydroxylation is 1. The molecule has 0 aromatic carbocycles. The molecule has 6 heteroatoms. The molecule has 0 saturated heterocycles. The van der Waals surface area contributed by atoms with Gasteiger partial charge < -0.3 is 14.8 Å². The van der Waals surface area contributed by atoms with Gasteiger partial charge in [-0.05, 0) is 30.7 Å². The Labute approximate surface area is 133 Å². The molecule has 0 aliphatic rings. The minimum atomic E-state index is -1.02. The Morgan fingerprint density at radius 3 is 2.86 bits per heavy atom. The number of carbonyl (C=O) groups excluding carboxylic acids is 1. The van der Waals surface area contributed by atoms with Crippen LogP contribution in [0.2, 0.25) is 0 Å². The van der Waals surface area contributed by atoms with E-state index in [1.165, 1.54) is 11.1 Å². The van der Waals surface area contributed by atoms with Crippen LogP contribution in [0.3, 0.4) is 0 Å². The van der Waals surface area contributed by atoms with Crippen molar-refractivity contribution in [2.24, 2.45) is 5.92 Å². The zero-order valence-corrected chi connectivity index (χ0v) is 13.4. The molecule has 0 fully saturated rings. The van der Waals surface area contributed by atoms with E-state index in [9.17, 15) is 9.59 Å². The van der Waals surface area contributed by atoms with Gasteiger partial charge in [0.05, 0.1) is 11.8 Å². The third-order valence-electron chi connectivity index (χ3n) is 3.33. The molecule has 0 spiro atoms. The number of rotatable bonds is 7. The summed E-state index contributed by atoms with van der Waals surface area (Å²) in [6, 6.07) is 4.09. The molecule has 0 bridgehead atoms. The van der Waals surface area contributed by atoms with Gasteiger partial charge in [0.1, 0.15) is 12.2 Å². The van der Waals surface area contributed by atoms with Crippen molar-refractivity contribution < 1.29 is 19.1 Å². The normalized spacial score (nSPS) is 12.1. The van der Waals surface area contributed by atoms with Crippen LogP contribution in [0, 0.1) is 12.8 Å². The minimum Gasteiger partial charge on any atom is -0.481 e. The Morgan fingerprint density at radius 1 is 1.45 bits per heavy atom. The van der Waals surface area contributed by atoms with E-state index in [4.69, 9.17) is 9.52 Å². The zero-order valence-electron chi connectivity index (χ0n) is 12.6. The highest BCUT2D eigenvalue weighted by atomic mass is 32.1. The molecule has 0 aliphatic carbocycles. The van der Waals surface area contributed by atoms with E-state index >= 15 is 0 Å². The number of amides is 1. The Kier molecular flexibility index (Phi) is 5.38. The minimum absolute atomic E-state index is 0.202. The SMILES string of the molecule is Cc1coc(CC(=O)O)c1C(=O)NCC(C)Cc1cccs1. The van der Waals surface area contributed by atoms with E-state index in [0.717, 1.165) is 6.42 Å². The van der Waals surface area contributed by atoms with Crippen molar-refractivity contribution in [3.05, 3.63) is 45.5 Å². The van der Waals surface area contributed by atoms with Gasteiger partial charge in [0.2, 0.25) is 0 Å². The Balaban J connectivity index is 1.94. The summed E-state index contributed by atoms with van der Waals surface area (Å²) in [4.78, 5) is 24.4. The third kappa shape index (κ3) is 4.21. The molecule has 1 unspecified atom stereocenters. The molecule has 0 aliphatic heterocycles. The van der Waals surface area contributed by atoms with Gasteiger partial charge in [0.15, 0.2) is 0 Å². The maximum Gasteiger partial charge on any atom is 0.311 e. The van der Waals surface area contributed by atoms with Crippen LogP contribution in [0.5, 0.6) is 0 Å². The van der Waals surface area contributed by atoms with Gasteiger partial charge >= 0.3 is 5.97 Å². The van der Waals surface area contributed by atoms with Crippen LogP contribution in [-0.4, -0.2) is 23.5 Å². The third-order valence-corrected chi connectivity index (χ3v) is 4.23. The summed E-state index contributed by atoms with van der Waals surface area (Å²) in [6.45, 7) is 4.34. The van der Waals surface area contributed by atoms with Crippen molar-refractivity contribution in [3.63, 3.8) is 0 Å². The predicted molar refractivity (Wildman–Crippen MR) is 84.3 cm³/mol. The highest BCUT2D eigenvalue weighted by molar-refractivity contribution is 7.09. The zero-order chi connectivity index (χ0) is 16.1. The number of carboxylic acid groups (broad SMARTS) is 1. The van der Waals surface area contributed by atoms with Crippen molar-refractivity contribution in [1.29, 1.82) is 0 Å². The van der Waals surface area contributed by atoms with Gasteiger partial charge in [0.25, 0.3) is 5.91 Å². The first kappa shape index (κ1) is 16.3. The summed E-state index contributed by atoms with van der Waals surface area (Å²) in [5.74, 6) is -0.791. The van der Waals surface area contributed by atoms with E-state index in [-0.39, 0.29) is 18.1 Å². The van der Waals surface area contributed by atoms with Crippen molar-refractivity contribution in [3.8, 4) is 0 Å². The van der Waals surface area contributed by atoms with Gasteiger partial charge in [-0.25, -0.2) is 0 Å². The molecule has 2 aromatic heterocycles. The lowest BCUT2D eigenvalue weighted by Crippen LogP contribution is -2.30. The first-order valence-corrected chi connectivity index (χ1v) is 7.94. The summed E-state index contributed by atoms with van der Waals surface area (Å²) >= 11 is 1.70. The molecule has 0 saturated carbocycles. The topological polar surface area (TPSA) is 79.5 Å². The summed E-state index contributed by atoms with van der Waals surface area (Å²) in [7, 11) is 0. The first-order valence-electron chi connectivity index (χ1n) is 7.06. The molecular weight excluding hydrogens is 302 g/mol. The molecule has 2 heterocycles. The molecule has 22 heavy (non-hydrogen) atoms. The monoisotopic (exact) mass is 321 g/mol. The van der Waals surface area contributed by atoms with E-state index in [2.05, 4.69) is 18.3 Å². The second-order valence-corrected chi connectivity index (χ2v) is 6.42. The molecular formula is C16H19NO4S. The van der Waals surface area contributed by atoms with E-state index in [0.29, 0.717) is 23.6 Å². The van der Waals surface area contributed by atoms with Crippen molar-refractivity contribution in [1.82, 2.24) is 5.32 Å². The maximum absolute atomic E-state index is 12.3. The standard InChI is InChI=1S/C16H19NO4S/c1-10(6-12-4-3-5-22-12)8-17-16(20)15-11(2)9-21-13(15)7-14(18)19/h3-5,9-10H,6-8H2,1-2H3,(H,17,20)(H,18,19). The summed E-state index contributed by atoms with van der Waals surface area (Å²) < 4.78 is 5.18. The molecule has 0 radical (unpaired) electrons. The quantitative estimate of drug-likeness (QED) is 0.822. The van der Waals surface area contributed by atoms with Gasteiger partial charge in [-0.3, -0.25) is 9.59 Å². The average Bonchev–Trinajstić information content (AvgIpc) is 3.06. The van der Waals surface area contributed by atoms with Gasteiger partial charge in [-0.15, -0.1) is 11.3 Å². The number of hydrogen-bond donors (Lipinski definition) is 2. The van der Waals surface area contributed by atoms with Crippen LogP contribution < -0.4 is 5.32 Å². The molecule has 2 rings (SSSR count). The number of furan rings is 1. The molecule has 118 valence electrons. The van der Waals surface area contributed by atoms with Crippen LogP contribution >= 0.6 is 11.3 Å². The van der Waals surface area contributed by atoms with E-state index in [1.54, 1.807) is 18.3 Å². The molecule has 5 nitrogen and oxygen atoms in total. The van der Waals surface area contributed by atoms with Crippen LogP contribution in [0.4, 0.5) is 0 Å². The number of hydrogen-bond acceptors (Lipinski definition) is 4. The van der Waals surface area contributed by atoms with Gasteiger partial charge in [-0.1, -0.05) is 13.0 Å². The lowest BCUT2D eigenvalue weighted by molar-refractivity contribution is -0.136. The smallest absolute Gasteiger partial charge is 0.311 e. The average molecular weight is 321 g/mol. The van der Waals surface area contributed by atoms with Crippen LogP contribution in [0.1, 0.15) is 33.5 Å². The lowest BCUT2D eigenvalue weighted by atomic mass is 10.1. The summed E-state index contributed by atoms with van der Waals surface area (Å²) in [6.07, 6.45) is 2.04. The van der Waals surface area contributed by atoms with Crippen LogP contribution in [-0.2, 0) is 17.6 Å². The fourth-order valence-electron chi connectivity index (χ4n) is 2.27. The lowest BCUT2D eigenvalue weighted by Gasteiger charge is -2.12. The molecule has 1 amide bonds. The number of thiophene rings is 1. The van der Waals surface area contributed by atoms with Crippen molar-refractivity contribution in [2.45, 2.75) is 26.7 Å². The summed E-state index contributed by atoms with van der Waals surface area (Å²) in [5.41, 5.74) is 0.991. The molecule has 1 atom stereocenters. The number of carbonyl (C=O) groups is 2. The number of nitrogens with one attached hydrogen (secondary N) is 1. The maximum atomic E-state index is 12.3. The second kappa shape index (κ2) is 7.26. The predicted octanol–water partition coefficient (Wildman–Crippen LogP) is 2.89. The van der Waals surface area contributed by atoms with E-state index < -0.39 is 5.97 Å². The Bertz CT molecular complexity index is 645. The number of carboxylic acids is 1. The van der Waals surface area contributed by atoms with Crippen LogP contribution in [0.25, 0.3) is 0 Å². The van der Waals surface area contributed by atoms with Gasteiger partial charge in [-0.2, -0.15) is 0 Å². The van der Waals surface area contributed by atoms with Gasteiger partial charge in [0, 0.05) is 17.0 Å². The molecule has 2 N–H and O–H groups in total. The first-order chi connectivity index (χ1) is 10.5.